The summed E-state index contributed by atoms with van der Waals surface area (Å²) in [5, 5.41) is 9.54. The van der Waals surface area contributed by atoms with E-state index in [0.29, 0.717) is 18.1 Å². The van der Waals surface area contributed by atoms with E-state index < -0.39 is 0 Å². The second kappa shape index (κ2) is 10.6. The largest absolute Gasteiger partial charge is 0.465 e. The Morgan fingerprint density at radius 3 is 2.62 bits per heavy atom. The van der Waals surface area contributed by atoms with E-state index in [1.54, 1.807) is 17.9 Å². The number of carbonyl (C=O) groups is 1. The maximum absolute atomic E-state index is 12.6. The molecular formula is C30H31N5O4. The molecule has 0 aliphatic carbocycles. The van der Waals surface area contributed by atoms with Gasteiger partial charge in [0.2, 0.25) is 0 Å². The van der Waals surface area contributed by atoms with Gasteiger partial charge in [-0.25, -0.2) is 9.48 Å². The Hall–Kier alpha value is -4.08. The number of aryl methyl sites for hydroxylation is 1. The summed E-state index contributed by atoms with van der Waals surface area (Å²) in [4.78, 5) is 17.6. The molecule has 6 rings (SSSR count). The van der Waals surface area contributed by atoms with Gasteiger partial charge in [-0.3, -0.25) is 4.98 Å². The first-order valence-corrected chi connectivity index (χ1v) is 13.1. The van der Waals surface area contributed by atoms with E-state index in [2.05, 4.69) is 45.2 Å². The molecule has 39 heavy (non-hydrogen) atoms. The van der Waals surface area contributed by atoms with Crippen molar-refractivity contribution in [2.45, 2.75) is 25.5 Å². The lowest BCUT2D eigenvalue weighted by molar-refractivity contribution is 0.0553. The van der Waals surface area contributed by atoms with Crippen molar-refractivity contribution in [3.63, 3.8) is 0 Å². The van der Waals surface area contributed by atoms with Crippen molar-refractivity contribution in [2.75, 3.05) is 27.4 Å². The summed E-state index contributed by atoms with van der Waals surface area (Å²) in [6, 6.07) is 18.5. The monoisotopic (exact) mass is 525 g/mol. The van der Waals surface area contributed by atoms with Crippen molar-refractivity contribution in [2.24, 2.45) is 13.0 Å². The molecule has 0 amide bonds. The zero-order chi connectivity index (χ0) is 26.9. The van der Waals surface area contributed by atoms with E-state index in [-0.39, 0.29) is 12.0 Å². The number of fused-ring (bicyclic) bond motifs is 3. The number of aromatic nitrogens is 5. The minimum Gasteiger partial charge on any atom is -0.465 e. The smallest absolute Gasteiger partial charge is 0.337 e. The third kappa shape index (κ3) is 4.47. The summed E-state index contributed by atoms with van der Waals surface area (Å²) < 4.78 is 20.3. The standard InChI is InChI=1S/C30H31N5O4/c1-34-29(24(18-37-2)32-33-34)22-16-26-27(31-17-22)23-10-9-21(30(36)38-3)15-25(23)35(26)28(19-7-5-4-6-8-19)20-11-13-39-14-12-20/h4-10,15-17,20,28H,11-14,18H2,1-3H3. The maximum atomic E-state index is 12.6. The lowest BCUT2D eigenvalue weighted by Gasteiger charge is -2.33. The van der Waals surface area contributed by atoms with Crippen LogP contribution in [0.1, 0.15) is 40.5 Å². The summed E-state index contributed by atoms with van der Waals surface area (Å²) in [5.41, 5.74) is 7.03. The minimum absolute atomic E-state index is 0.0168. The van der Waals surface area contributed by atoms with Gasteiger partial charge in [-0.15, -0.1) is 5.10 Å². The molecule has 1 aliphatic rings. The first kappa shape index (κ1) is 25.2. The van der Waals surface area contributed by atoms with Crippen LogP contribution in [0.3, 0.4) is 0 Å². The molecule has 1 atom stereocenters. The van der Waals surface area contributed by atoms with Crippen molar-refractivity contribution in [3.8, 4) is 11.3 Å². The van der Waals surface area contributed by atoms with Crippen molar-refractivity contribution in [1.82, 2.24) is 24.5 Å². The van der Waals surface area contributed by atoms with E-state index in [9.17, 15) is 4.79 Å². The Kier molecular flexibility index (Phi) is 6.85. The first-order chi connectivity index (χ1) is 19.1. The van der Waals surface area contributed by atoms with Gasteiger partial charge in [-0.1, -0.05) is 35.5 Å². The van der Waals surface area contributed by atoms with Crippen molar-refractivity contribution in [3.05, 3.63) is 77.6 Å². The fourth-order valence-corrected chi connectivity index (χ4v) is 5.88. The van der Waals surface area contributed by atoms with Crippen LogP contribution >= 0.6 is 0 Å². The van der Waals surface area contributed by atoms with E-state index in [4.69, 9.17) is 19.2 Å². The second-order valence-electron chi connectivity index (χ2n) is 9.93. The number of methoxy groups -OCH3 is 2. The molecule has 2 aromatic carbocycles. The Balaban J connectivity index is 1.66. The molecule has 1 aliphatic heterocycles. The van der Waals surface area contributed by atoms with Crippen LogP contribution in [-0.4, -0.2) is 57.9 Å². The summed E-state index contributed by atoms with van der Waals surface area (Å²) >= 11 is 0. The van der Waals surface area contributed by atoms with Crippen molar-refractivity contribution >= 4 is 27.9 Å². The Labute approximate surface area is 226 Å². The van der Waals surface area contributed by atoms with Gasteiger partial charge in [0.05, 0.1) is 47.6 Å². The normalized spacial score (nSPS) is 15.2. The molecule has 1 saturated heterocycles. The molecule has 9 heteroatoms. The van der Waals surface area contributed by atoms with Crippen molar-refractivity contribution in [1.29, 1.82) is 0 Å². The SMILES string of the molecule is COCc1nnn(C)c1-c1cnc2c3ccc(C(=O)OC)cc3n(C(c3ccccc3)C3CCOCC3)c2c1. The summed E-state index contributed by atoms with van der Waals surface area (Å²) in [6.45, 7) is 1.80. The predicted molar refractivity (Wildman–Crippen MR) is 147 cm³/mol. The number of carbonyl (C=O) groups excluding carboxylic acids is 1. The fourth-order valence-electron chi connectivity index (χ4n) is 5.88. The van der Waals surface area contributed by atoms with Gasteiger partial charge in [-0.2, -0.15) is 0 Å². The average Bonchev–Trinajstić information content (AvgIpc) is 3.50. The van der Waals surface area contributed by atoms with Crippen LogP contribution in [0.15, 0.2) is 60.8 Å². The summed E-state index contributed by atoms with van der Waals surface area (Å²) in [7, 11) is 4.93. The number of hydrogen-bond acceptors (Lipinski definition) is 7. The third-order valence-electron chi connectivity index (χ3n) is 7.64. The second-order valence-corrected chi connectivity index (χ2v) is 9.93. The van der Waals surface area contributed by atoms with Crippen LogP contribution in [0, 0.1) is 5.92 Å². The Morgan fingerprint density at radius 1 is 1.08 bits per heavy atom. The van der Waals surface area contributed by atoms with Gasteiger partial charge in [0.1, 0.15) is 5.69 Å². The summed E-state index contributed by atoms with van der Waals surface area (Å²) in [6.07, 6.45) is 3.74. The van der Waals surface area contributed by atoms with Gasteiger partial charge < -0.3 is 18.8 Å². The number of pyridine rings is 1. The van der Waals surface area contributed by atoms with Crippen LogP contribution in [-0.2, 0) is 27.9 Å². The molecule has 0 radical (unpaired) electrons. The average molecular weight is 526 g/mol. The molecule has 5 aromatic rings. The number of hydrogen-bond donors (Lipinski definition) is 0. The lowest BCUT2D eigenvalue weighted by atomic mass is 9.86. The number of benzene rings is 2. The molecule has 4 heterocycles. The summed E-state index contributed by atoms with van der Waals surface area (Å²) in [5.74, 6) is -0.0253. The number of nitrogens with zero attached hydrogens (tertiary/aromatic N) is 5. The van der Waals surface area contributed by atoms with Gasteiger partial charge in [-0.05, 0) is 48.6 Å². The third-order valence-corrected chi connectivity index (χ3v) is 7.64. The van der Waals surface area contributed by atoms with Crippen LogP contribution in [0.5, 0.6) is 0 Å². The molecule has 0 N–H and O–H groups in total. The van der Waals surface area contributed by atoms with E-state index in [0.717, 1.165) is 64.9 Å². The van der Waals surface area contributed by atoms with Crippen LogP contribution in [0.25, 0.3) is 33.2 Å². The van der Waals surface area contributed by atoms with Gasteiger partial charge >= 0.3 is 5.97 Å². The fraction of sp³-hybridized carbons (Fsp3) is 0.333. The highest BCUT2D eigenvalue weighted by molar-refractivity contribution is 6.08. The minimum atomic E-state index is -0.366. The molecule has 0 spiro atoms. The zero-order valence-electron chi connectivity index (χ0n) is 22.3. The zero-order valence-corrected chi connectivity index (χ0v) is 22.3. The Morgan fingerprint density at radius 2 is 1.87 bits per heavy atom. The van der Waals surface area contributed by atoms with E-state index in [1.807, 2.05) is 31.4 Å². The number of esters is 1. The van der Waals surface area contributed by atoms with Crippen LogP contribution < -0.4 is 0 Å². The molecule has 1 unspecified atom stereocenters. The molecule has 1 fully saturated rings. The predicted octanol–water partition coefficient (Wildman–Crippen LogP) is 4.93. The highest BCUT2D eigenvalue weighted by Gasteiger charge is 2.30. The topological polar surface area (TPSA) is 93.3 Å². The number of rotatable bonds is 7. The van der Waals surface area contributed by atoms with Crippen LogP contribution in [0.2, 0.25) is 0 Å². The molecule has 3 aromatic heterocycles. The first-order valence-electron chi connectivity index (χ1n) is 13.1. The van der Waals surface area contributed by atoms with Gasteiger partial charge in [0.25, 0.3) is 0 Å². The number of ether oxygens (including phenoxy) is 3. The Bertz CT molecular complexity index is 1640. The van der Waals surface area contributed by atoms with E-state index >= 15 is 0 Å². The van der Waals surface area contributed by atoms with Gasteiger partial charge in [0.15, 0.2) is 0 Å². The molecule has 9 nitrogen and oxygen atoms in total. The quantitative estimate of drug-likeness (QED) is 0.278. The van der Waals surface area contributed by atoms with Crippen molar-refractivity contribution < 1.29 is 19.0 Å². The highest BCUT2D eigenvalue weighted by Crippen LogP contribution is 2.41. The molecule has 200 valence electrons. The maximum Gasteiger partial charge on any atom is 0.337 e. The van der Waals surface area contributed by atoms with E-state index in [1.165, 1.54) is 12.7 Å². The molecule has 0 saturated carbocycles. The highest BCUT2D eigenvalue weighted by atomic mass is 16.5. The lowest BCUT2D eigenvalue weighted by Crippen LogP contribution is -2.27. The molecular weight excluding hydrogens is 494 g/mol. The van der Waals surface area contributed by atoms with Crippen LogP contribution in [0.4, 0.5) is 0 Å². The van der Waals surface area contributed by atoms with Gasteiger partial charge in [0, 0.05) is 44.5 Å². The molecule has 0 bridgehead atoms.